The maximum Gasteiger partial charge on any atom is 0.265 e. The average molecular weight is 301 g/mol. The van der Waals surface area contributed by atoms with Gasteiger partial charge in [-0.3, -0.25) is 4.84 Å². The summed E-state index contributed by atoms with van der Waals surface area (Å²) in [5.41, 5.74) is 0. The van der Waals surface area contributed by atoms with Crippen molar-refractivity contribution in [2.24, 2.45) is 0 Å². The Balaban J connectivity index is 2.04. The van der Waals surface area contributed by atoms with Crippen molar-refractivity contribution in [2.45, 2.75) is 17.7 Å². The van der Waals surface area contributed by atoms with E-state index in [-0.39, 0.29) is 4.90 Å². The first-order valence-electron chi connectivity index (χ1n) is 6.52. The lowest BCUT2D eigenvalue weighted by Crippen LogP contribution is -2.35. The quantitative estimate of drug-likeness (QED) is 0.744. The Morgan fingerprint density at radius 1 is 1.20 bits per heavy atom. The van der Waals surface area contributed by atoms with Crippen LogP contribution in [0.25, 0.3) is 0 Å². The number of hydrogen-bond acceptors (Lipinski definition) is 5. The van der Waals surface area contributed by atoms with Crippen molar-refractivity contribution in [3.8, 4) is 5.75 Å². The van der Waals surface area contributed by atoms with Gasteiger partial charge in [0, 0.05) is 13.7 Å². The molecule has 20 heavy (non-hydrogen) atoms. The van der Waals surface area contributed by atoms with E-state index in [1.54, 1.807) is 19.2 Å². The van der Waals surface area contributed by atoms with E-state index in [1.165, 1.54) is 12.1 Å². The lowest BCUT2D eigenvalue weighted by Gasteiger charge is -2.25. The molecule has 1 heterocycles. The van der Waals surface area contributed by atoms with E-state index in [2.05, 4.69) is 0 Å². The number of methoxy groups -OCH3 is 1. The number of rotatable bonds is 6. The van der Waals surface area contributed by atoms with E-state index in [1.807, 2.05) is 0 Å². The van der Waals surface area contributed by atoms with Crippen molar-refractivity contribution in [1.82, 2.24) is 4.47 Å². The van der Waals surface area contributed by atoms with Crippen LogP contribution in [0.1, 0.15) is 12.8 Å². The maximum absolute atomic E-state index is 12.3. The van der Waals surface area contributed by atoms with Crippen LogP contribution in [0.4, 0.5) is 0 Å². The number of ether oxygens (including phenoxy) is 2. The minimum atomic E-state index is -3.57. The van der Waals surface area contributed by atoms with Gasteiger partial charge in [-0.15, -0.1) is 0 Å². The largest absolute Gasteiger partial charge is 0.491 e. The third-order valence-corrected chi connectivity index (χ3v) is 4.61. The second-order valence-corrected chi connectivity index (χ2v) is 6.21. The summed E-state index contributed by atoms with van der Waals surface area (Å²) in [6, 6.07) is 6.31. The van der Waals surface area contributed by atoms with Crippen LogP contribution in [0.5, 0.6) is 5.75 Å². The highest BCUT2D eigenvalue weighted by Crippen LogP contribution is 2.22. The fraction of sp³-hybridized carbons (Fsp3) is 0.538. The molecular formula is C13H19NO5S. The van der Waals surface area contributed by atoms with Gasteiger partial charge in [-0.05, 0) is 37.1 Å². The van der Waals surface area contributed by atoms with Gasteiger partial charge in [0.15, 0.2) is 0 Å². The monoisotopic (exact) mass is 301 g/mol. The maximum atomic E-state index is 12.3. The van der Waals surface area contributed by atoms with Gasteiger partial charge in [0.25, 0.3) is 10.0 Å². The molecule has 1 aromatic rings. The number of benzene rings is 1. The lowest BCUT2D eigenvalue weighted by molar-refractivity contribution is -0.108. The Bertz CT molecular complexity index is 508. The molecule has 2 rings (SSSR count). The summed E-state index contributed by atoms with van der Waals surface area (Å²) in [5.74, 6) is 0.612. The standard InChI is InChI=1S/C13H19NO5S/c1-17-10-11-18-12-4-6-13(7-5-12)20(15,16)14-8-2-3-9-19-14/h4-7H,2-3,8-11H2,1H3. The highest BCUT2D eigenvalue weighted by atomic mass is 32.2. The molecule has 0 saturated carbocycles. The molecule has 0 spiro atoms. The van der Waals surface area contributed by atoms with Crippen LogP contribution >= 0.6 is 0 Å². The molecule has 112 valence electrons. The number of hydroxylamine groups is 1. The predicted octanol–water partition coefficient (Wildman–Crippen LogP) is 1.43. The van der Waals surface area contributed by atoms with E-state index < -0.39 is 10.0 Å². The first-order chi connectivity index (χ1) is 9.64. The Hall–Kier alpha value is -1.15. The van der Waals surface area contributed by atoms with Crippen molar-refractivity contribution in [2.75, 3.05) is 33.5 Å². The zero-order valence-electron chi connectivity index (χ0n) is 11.4. The van der Waals surface area contributed by atoms with E-state index in [4.69, 9.17) is 14.3 Å². The van der Waals surface area contributed by atoms with E-state index in [9.17, 15) is 8.42 Å². The summed E-state index contributed by atoms with van der Waals surface area (Å²) in [6.07, 6.45) is 1.70. The SMILES string of the molecule is COCCOc1ccc(S(=O)(=O)N2CCCCO2)cc1. The minimum Gasteiger partial charge on any atom is -0.491 e. The first kappa shape index (κ1) is 15.2. The minimum absolute atomic E-state index is 0.207. The summed E-state index contributed by atoms with van der Waals surface area (Å²) in [7, 11) is -1.98. The Kier molecular flexibility index (Phi) is 5.36. The predicted molar refractivity (Wildman–Crippen MR) is 72.9 cm³/mol. The summed E-state index contributed by atoms with van der Waals surface area (Å²) >= 11 is 0. The lowest BCUT2D eigenvalue weighted by atomic mass is 10.3. The molecule has 0 radical (unpaired) electrons. The van der Waals surface area contributed by atoms with Crippen molar-refractivity contribution in [3.05, 3.63) is 24.3 Å². The highest BCUT2D eigenvalue weighted by molar-refractivity contribution is 7.89. The van der Waals surface area contributed by atoms with Gasteiger partial charge < -0.3 is 9.47 Å². The molecule has 0 atom stereocenters. The van der Waals surface area contributed by atoms with Crippen molar-refractivity contribution < 1.29 is 22.7 Å². The summed E-state index contributed by atoms with van der Waals surface area (Å²) in [6.45, 7) is 1.76. The molecule has 1 saturated heterocycles. The van der Waals surface area contributed by atoms with Crippen molar-refractivity contribution >= 4 is 10.0 Å². The van der Waals surface area contributed by atoms with Gasteiger partial charge in [0.05, 0.1) is 18.1 Å². The molecule has 0 aromatic heterocycles. The Labute approximate surface area is 119 Å². The molecule has 0 aliphatic carbocycles. The third kappa shape index (κ3) is 3.69. The van der Waals surface area contributed by atoms with Gasteiger partial charge in [-0.1, -0.05) is 4.47 Å². The van der Waals surface area contributed by atoms with Crippen molar-refractivity contribution in [1.29, 1.82) is 0 Å². The van der Waals surface area contributed by atoms with Crippen LogP contribution in [-0.4, -0.2) is 46.4 Å². The molecule has 1 fully saturated rings. The summed E-state index contributed by atoms with van der Waals surface area (Å²) in [4.78, 5) is 5.41. The fourth-order valence-electron chi connectivity index (χ4n) is 1.83. The van der Waals surface area contributed by atoms with E-state index in [0.29, 0.717) is 32.1 Å². The molecule has 1 aliphatic rings. The van der Waals surface area contributed by atoms with Gasteiger partial charge in [-0.2, -0.15) is 0 Å². The molecule has 1 aliphatic heterocycles. The molecule has 0 bridgehead atoms. The molecule has 0 amide bonds. The average Bonchev–Trinajstić information content (AvgIpc) is 2.49. The van der Waals surface area contributed by atoms with Gasteiger partial charge >= 0.3 is 0 Å². The molecule has 1 aromatic carbocycles. The van der Waals surface area contributed by atoms with Crippen LogP contribution < -0.4 is 4.74 Å². The second kappa shape index (κ2) is 7.03. The molecule has 0 unspecified atom stereocenters. The number of sulfonamides is 1. The first-order valence-corrected chi connectivity index (χ1v) is 7.96. The van der Waals surface area contributed by atoms with Gasteiger partial charge in [0.1, 0.15) is 12.4 Å². The molecular weight excluding hydrogens is 282 g/mol. The number of nitrogens with zero attached hydrogens (tertiary/aromatic N) is 1. The highest BCUT2D eigenvalue weighted by Gasteiger charge is 2.27. The summed E-state index contributed by atoms with van der Waals surface area (Å²) < 4.78 is 35.9. The molecule has 6 nitrogen and oxygen atoms in total. The zero-order valence-corrected chi connectivity index (χ0v) is 12.3. The van der Waals surface area contributed by atoms with Gasteiger partial charge in [-0.25, -0.2) is 8.42 Å². The van der Waals surface area contributed by atoms with Gasteiger partial charge in [0.2, 0.25) is 0 Å². The smallest absolute Gasteiger partial charge is 0.265 e. The third-order valence-electron chi connectivity index (χ3n) is 2.92. The van der Waals surface area contributed by atoms with Crippen molar-refractivity contribution in [3.63, 3.8) is 0 Å². The Morgan fingerprint density at radius 3 is 2.55 bits per heavy atom. The second-order valence-electron chi connectivity index (χ2n) is 4.38. The fourth-order valence-corrected chi connectivity index (χ4v) is 3.13. The zero-order chi connectivity index (χ0) is 14.4. The normalized spacial score (nSPS) is 17.1. The van der Waals surface area contributed by atoms with Crippen LogP contribution in [0, 0.1) is 0 Å². The van der Waals surface area contributed by atoms with Crippen LogP contribution in [-0.2, 0) is 19.6 Å². The Morgan fingerprint density at radius 2 is 1.95 bits per heavy atom. The van der Waals surface area contributed by atoms with Crippen LogP contribution in [0.2, 0.25) is 0 Å². The molecule has 7 heteroatoms. The van der Waals surface area contributed by atoms with Crippen LogP contribution in [0.15, 0.2) is 29.2 Å². The molecule has 0 N–H and O–H groups in total. The number of hydrogen-bond donors (Lipinski definition) is 0. The van der Waals surface area contributed by atoms with Crippen LogP contribution in [0.3, 0.4) is 0 Å². The van der Waals surface area contributed by atoms with E-state index in [0.717, 1.165) is 17.3 Å². The topological polar surface area (TPSA) is 65.1 Å². The van der Waals surface area contributed by atoms with E-state index >= 15 is 0 Å². The summed E-state index contributed by atoms with van der Waals surface area (Å²) in [5, 5.41) is 0.